The van der Waals surface area contributed by atoms with E-state index in [9.17, 15) is 13.2 Å². The highest BCUT2D eigenvalue weighted by Crippen LogP contribution is 2.32. The first-order chi connectivity index (χ1) is 10.9. The van der Waals surface area contributed by atoms with Crippen LogP contribution in [0.1, 0.15) is 39.5 Å². The molecule has 0 aromatic heterocycles. The SMILES string of the molecule is Cc1ccc(C#N)cc1S(=O)(=O)N[C@H]1CC(=O)c2ccccc21. The highest BCUT2D eigenvalue weighted by Gasteiger charge is 2.32. The van der Waals surface area contributed by atoms with Crippen molar-refractivity contribution in [2.24, 2.45) is 0 Å². The first-order valence-electron chi connectivity index (χ1n) is 7.07. The van der Waals surface area contributed by atoms with E-state index >= 15 is 0 Å². The fraction of sp³-hybridized carbons (Fsp3) is 0.176. The van der Waals surface area contributed by atoms with E-state index in [0.29, 0.717) is 16.7 Å². The minimum atomic E-state index is -3.83. The van der Waals surface area contributed by atoms with E-state index in [1.165, 1.54) is 6.07 Å². The molecule has 1 aliphatic rings. The lowest BCUT2D eigenvalue weighted by Crippen LogP contribution is -2.28. The molecular weight excluding hydrogens is 312 g/mol. The summed E-state index contributed by atoms with van der Waals surface area (Å²) >= 11 is 0. The fourth-order valence-corrected chi connectivity index (χ4v) is 4.26. The van der Waals surface area contributed by atoms with Crippen molar-refractivity contribution in [3.05, 3.63) is 64.7 Å². The molecule has 2 aromatic rings. The summed E-state index contributed by atoms with van der Waals surface area (Å²) in [5, 5.41) is 8.96. The number of fused-ring (bicyclic) bond motifs is 1. The van der Waals surface area contributed by atoms with Gasteiger partial charge in [-0.2, -0.15) is 5.26 Å². The van der Waals surface area contributed by atoms with Crippen LogP contribution < -0.4 is 4.72 Å². The number of carbonyl (C=O) groups excluding carboxylic acids is 1. The molecule has 0 spiro atoms. The van der Waals surface area contributed by atoms with Gasteiger partial charge in [0.15, 0.2) is 5.78 Å². The second-order valence-corrected chi connectivity index (χ2v) is 7.16. The maximum absolute atomic E-state index is 12.7. The smallest absolute Gasteiger partial charge is 0.241 e. The second kappa shape index (κ2) is 5.61. The zero-order chi connectivity index (χ0) is 16.6. The van der Waals surface area contributed by atoms with Crippen molar-refractivity contribution in [3.63, 3.8) is 0 Å². The molecule has 0 saturated carbocycles. The molecule has 116 valence electrons. The lowest BCUT2D eigenvalue weighted by atomic mass is 10.1. The number of Topliss-reactive ketones (excluding diaryl/α,β-unsaturated/α-hetero) is 1. The van der Waals surface area contributed by atoms with E-state index < -0.39 is 16.1 Å². The Hall–Kier alpha value is -2.49. The van der Waals surface area contributed by atoms with Crippen molar-refractivity contribution in [1.29, 1.82) is 5.26 Å². The van der Waals surface area contributed by atoms with Crippen molar-refractivity contribution < 1.29 is 13.2 Å². The van der Waals surface area contributed by atoms with Crippen molar-refractivity contribution in [2.45, 2.75) is 24.3 Å². The van der Waals surface area contributed by atoms with Gasteiger partial charge < -0.3 is 0 Å². The van der Waals surface area contributed by atoms with Crippen LogP contribution in [0.25, 0.3) is 0 Å². The van der Waals surface area contributed by atoms with Crippen LogP contribution in [0.5, 0.6) is 0 Å². The fourth-order valence-electron chi connectivity index (χ4n) is 2.78. The van der Waals surface area contributed by atoms with Gasteiger partial charge in [0.2, 0.25) is 10.0 Å². The molecule has 0 saturated heterocycles. The van der Waals surface area contributed by atoms with E-state index in [2.05, 4.69) is 4.72 Å². The summed E-state index contributed by atoms with van der Waals surface area (Å²) < 4.78 is 27.9. The highest BCUT2D eigenvalue weighted by molar-refractivity contribution is 7.89. The van der Waals surface area contributed by atoms with Gasteiger partial charge in [-0.1, -0.05) is 30.3 Å². The average Bonchev–Trinajstić information content (AvgIpc) is 2.84. The Morgan fingerprint density at radius 1 is 1.22 bits per heavy atom. The van der Waals surface area contributed by atoms with E-state index in [1.54, 1.807) is 43.3 Å². The van der Waals surface area contributed by atoms with Crippen LogP contribution in [-0.4, -0.2) is 14.2 Å². The molecule has 3 rings (SSSR count). The minimum absolute atomic E-state index is 0.0633. The monoisotopic (exact) mass is 326 g/mol. The summed E-state index contributed by atoms with van der Waals surface area (Å²) in [5.74, 6) is -0.0733. The summed E-state index contributed by atoms with van der Waals surface area (Å²) in [4.78, 5) is 12.1. The number of nitriles is 1. The summed E-state index contributed by atoms with van der Waals surface area (Å²) in [7, 11) is -3.83. The van der Waals surface area contributed by atoms with Gasteiger partial charge in [-0.3, -0.25) is 4.79 Å². The zero-order valence-corrected chi connectivity index (χ0v) is 13.2. The van der Waals surface area contributed by atoms with Gasteiger partial charge in [0, 0.05) is 12.0 Å². The number of aryl methyl sites for hydroxylation is 1. The molecule has 0 amide bonds. The molecule has 1 atom stereocenters. The van der Waals surface area contributed by atoms with E-state index in [1.807, 2.05) is 6.07 Å². The van der Waals surface area contributed by atoms with Crippen LogP contribution >= 0.6 is 0 Å². The number of rotatable bonds is 3. The molecule has 0 radical (unpaired) electrons. The van der Waals surface area contributed by atoms with Crippen LogP contribution in [0.4, 0.5) is 0 Å². The molecular formula is C17H14N2O3S. The summed E-state index contributed by atoms with van der Waals surface area (Å²) in [6.45, 7) is 1.67. The number of sulfonamides is 1. The highest BCUT2D eigenvalue weighted by atomic mass is 32.2. The number of hydrogen-bond acceptors (Lipinski definition) is 4. The van der Waals surface area contributed by atoms with Crippen LogP contribution in [0, 0.1) is 18.3 Å². The van der Waals surface area contributed by atoms with Crippen molar-refractivity contribution in [2.75, 3.05) is 0 Å². The topological polar surface area (TPSA) is 87.0 Å². The van der Waals surface area contributed by atoms with Crippen molar-refractivity contribution in [3.8, 4) is 6.07 Å². The maximum Gasteiger partial charge on any atom is 0.241 e. The van der Waals surface area contributed by atoms with E-state index in [4.69, 9.17) is 5.26 Å². The van der Waals surface area contributed by atoms with Gasteiger partial charge >= 0.3 is 0 Å². The Balaban J connectivity index is 1.98. The van der Waals surface area contributed by atoms with Crippen LogP contribution in [0.2, 0.25) is 0 Å². The molecule has 1 N–H and O–H groups in total. The molecule has 5 nitrogen and oxygen atoms in total. The molecule has 6 heteroatoms. The maximum atomic E-state index is 12.7. The largest absolute Gasteiger partial charge is 0.294 e. The normalized spacial score (nSPS) is 16.9. The predicted octanol–water partition coefficient (Wildman–Crippen LogP) is 2.47. The van der Waals surface area contributed by atoms with Crippen LogP contribution in [-0.2, 0) is 10.0 Å². The molecule has 0 unspecified atom stereocenters. The molecule has 0 fully saturated rings. The number of benzene rings is 2. The van der Waals surface area contributed by atoms with Gasteiger partial charge in [-0.05, 0) is 30.2 Å². The molecule has 2 aromatic carbocycles. The number of nitrogens with one attached hydrogen (secondary N) is 1. The molecule has 0 bridgehead atoms. The number of nitrogens with zero attached hydrogens (tertiary/aromatic N) is 1. The third-order valence-electron chi connectivity index (χ3n) is 3.93. The van der Waals surface area contributed by atoms with Gasteiger partial charge in [-0.25, -0.2) is 13.1 Å². The average molecular weight is 326 g/mol. The van der Waals surface area contributed by atoms with Crippen LogP contribution in [0.3, 0.4) is 0 Å². The van der Waals surface area contributed by atoms with Gasteiger partial charge in [-0.15, -0.1) is 0 Å². The molecule has 1 aliphatic carbocycles. The standard InChI is InChI=1S/C17H14N2O3S/c1-11-6-7-12(10-18)8-17(11)23(21,22)19-15-9-16(20)14-5-3-2-4-13(14)15/h2-8,15,19H,9H2,1H3/t15-/m0/s1. The number of hydrogen-bond donors (Lipinski definition) is 1. The molecule has 0 heterocycles. The summed E-state index contributed by atoms with van der Waals surface area (Å²) in [5.41, 5.74) is 2.07. The lowest BCUT2D eigenvalue weighted by molar-refractivity contribution is 0.0988. The van der Waals surface area contributed by atoms with Gasteiger partial charge in [0.05, 0.1) is 22.6 Å². The Kier molecular flexibility index (Phi) is 3.76. The number of carbonyl (C=O) groups is 1. The van der Waals surface area contributed by atoms with E-state index in [0.717, 1.165) is 0 Å². The van der Waals surface area contributed by atoms with Gasteiger partial charge in [0.1, 0.15) is 0 Å². The van der Waals surface area contributed by atoms with E-state index in [-0.39, 0.29) is 22.7 Å². The zero-order valence-electron chi connectivity index (χ0n) is 12.4. The first-order valence-corrected chi connectivity index (χ1v) is 8.56. The van der Waals surface area contributed by atoms with Crippen molar-refractivity contribution in [1.82, 2.24) is 4.72 Å². The van der Waals surface area contributed by atoms with Crippen LogP contribution in [0.15, 0.2) is 47.4 Å². The third kappa shape index (κ3) is 2.77. The third-order valence-corrected chi connectivity index (χ3v) is 5.54. The molecule has 0 aliphatic heterocycles. The van der Waals surface area contributed by atoms with Gasteiger partial charge in [0.25, 0.3) is 0 Å². The first kappa shape index (κ1) is 15.4. The second-order valence-electron chi connectivity index (χ2n) is 5.48. The summed E-state index contributed by atoms with van der Waals surface area (Å²) in [6.07, 6.45) is 0.107. The minimum Gasteiger partial charge on any atom is -0.294 e. The Bertz CT molecular complexity index is 943. The molecule has 23 heavy (non-hydrogen) atoms. The predicted molar refractivity (Wildman–Crippen MR) is 84.3 cm³/mol. The number of ketones is 1. The quantitative estimate of drug-likeness (QED) is 0.938. The Labute approximate surface area is 134 Å². The van der Waals surface area contributed by atoms with Crippen molar-refractivity contribution >= 4 is 15.8 Å². The Morgan fingerprint density at radius 3 is 2.70 bits per heavy atom. The summed E-state index contributed by atoms with van der Waals surface area (Å²) in [6, 6.07) is 12.9. The lowest BCUT2D eigenvalue weighted by Gasteiger charge is -2.15. The Morgan fingerprint density at radius 2 is 1.96 bits per heavy atom.